The van der Waals surface area contributed by atoms with E-state index in [9.17, 15) is 0 Å². The highest BCUT2D eigenvalue weighted by atomic mass is 16.4. The number of benzene rings is 8. The van der Waals surface area contributed by atoms with Crippen molar-refractivity contribution in [1.29, 1.82) is 0 Å². The van der Waals surface area contributed by atoms with Gasteiger partial charge in [-0.3, -0.25) is 0 Å². The molecular formula is C54H36N2O2. The lowest BCUT2D eigenvalue weighted by Crippen LogP contribution is -2.40. The van der Waals surface area contributed by atoms with Crippen LogP contribution in [0.5, 0.6) is 0 Å². The Labute approximate surface area is 336 Å². The molecule has 0 atom stereocenters. The van der Waals surface area contributed by atoms with Crippen molar-refractivity contribution in [2.45, 2.75) is 24.7 Å². The van der Waals surface area contributed by atoms with Gasteiger partial charge in [0.05, 0.1) is 5.41 Å². The maximum absolute atomic E-state index is 6.31. The fraction of sp³-hybridized carbons (Fsp3) is 0.0741. The summed E-state index contributed by atoms with van der Waals surface area (Å²) in [5.41, 5.74) is 19.3. The topological polar surface area (TPSA) is 52.1 Å². The molecule has 0 radical (unpaired) electrons. The van der Waals surface area contributed by atoms with Gasteiger partial charge in [-0.05, 0) is 121 Å². The quantitative estimate of drug-likeness (QED) is 0.180. The maximum Gasteiger partial charge on any atom is 0.227 e. The molecule has 1 spiro atoms. The first-order chi connectivity index (χ1) is 28.5. The molecule has 4 nitrogen and oxygen atoms in total. The minimum atomic E-state index is -0.454. The molecule has 0 unspecified atom stereocenters. The van der Waals surface area contributed by atoms with Crippen molar-refractivity contribution in [3.8, 4) is 56.3 Å². The first-order valence-electron chi connectivity index (χ1n) is 19.9. The lowest BCUT2D eigenvalue weighted by molar-refractivity contribution is 0.563. The maximum atomic E-state index is 6.31. The SMILES string of the molecule is CC1(C)c2ccccc2C2(c3ccccc3-c3ccc(-c4cccc(-c5cc(-c6nc7ccccc7o6)cc(-c6nc7ccccc7o6)c5)c4)cc32)c2ccccc21. The lowest BCUT2D eigenvalue weighted by Gasteiger charge is -2.46. The predicted molar refractivity (Wildman–Crippen MR) is 233 cm³/mol. The van der Waals surface area contributed by atoms with Crippen LogP contribution in [0.4, 0.5) is 0 Å². The highest BCUT2D eigenvalue weighted by Gasteiger charge is 2.53. The van der Waals surface area contributed by atoms with Gasteiger partial charge < -0.3 is 8.83 Å². The standard InChI is InChI=1S/C54H36N2O2/c1-53(2)42-18-5-7-20-44(42)54(45-21-8-6-19-43(45)53)41-17-4-3-16-39(41)40-27-26-35(32-46(40)54)33-14-13-15-34(28-33)36-29-37(51-55-47-22-9-11-24-49(47)57-51)31-38(30-36)52-56-48-23-10-12-25-50(48)58-52/h3-32H,1-2H3. The van der Waals surface area contributed by atoms with Crippen LogP contribution in [0.15, 0.2) is 191 Å². The molecule has 0 aliphatic heterocycles. The fourth-order valence-electron chi connectivity index (χ4n) is 9.95. The van der Waals surface area contributed by atoms with Crippen molar-refractivity contribution in [2.75, 3.05) is 0 Å². The van der Waals surface area contributed by atoms with Gasteiger partial charge in [0, 0.05) is 16.5 Å². The zero-order valence-electron chi connectivity index (χ0n) is 32.0. The van der Waals surface area contributed by atoms with Crippen LogP contribution in [0.2, 0.25) is 0 Å². The van der Waals surface area contributed by atoms with E-state index in [2.05, 4.69) is 147 Å². The van der Waals surface area contributed by atoms with Gasteiger partial charge in [0.15, 0.2) is 11.2 Å². The highest BCUT2D eigenvalue weighted by Crippen LogP contribution is 2.62. The van der Waals surface area contributed by atoms with Gasteiger partial charge in [-0.25, -0.2) is 9.97 Å². The molecule has 0 bridgehead atoms. The van der Waals surface area contributed by atoms with Crippen molar-refractivity contribution in [1.82, 2.24) is 9.97 Å². The third-order valence-electron chi connectivity index (χ3n) is 12.6. The molecule has 10 aromatic rings. The Morgan fingerprint density at radius 3 is 1.40 bits per heavy atom. The zero-order chi connectivity index (χ0) is 38.6. The molecule has 274 valence electrons. The summed E-state index contributed by atoms with van der Waals surface area (Å²) < 4.78 is 12.6. The van der Waals surface area contributed by atoms with E-state index in [1.807, 2.05) is 48.5 Å². The zero-order valence-corrected chi connectivity index (χ0v) is 32.0. The van der Waals surface area contributed by atoms with Crippen LogP contribution in [0.3, 0.4) is 0 Å². The molecule has 58 heavy (non-hydrogen) atoms. The Hall–Kier alpha value is -7.30. The van der Waals surface area contributed by atoms with Crippen molar-refractivity contribution >= 4 is 22.2 Å². The average molecular weight is 745 g/mol. The lowest BCUT2D eigenvalue weighted by atomic mass is 9.55. The number of fused-ring (bicyclic) bond motifs is 11. The molecule has 8 aromatic carbocycles. The van der Waals surface area contributed by atoms with Gasteiger partial charge in [-0.2, -0.15) is 0 Å². The van der Waals surface area contributed by atoms with E-state index >= 15 is 0 Å². The molecular weight excluding hydrogens is 709 g/mol. The van der Waals surface area contributed by atoms with Gasteiger partial charge in [-0.15, -0.1) is 0 Å². The summed E-state index contributed by atoms with van der Waals surface area (Å²) in [6.07, 6.45) is 0. The average Bonchev–Trinajstić information content (AvgIpc) is 3.99. The number of aromatic nitrogens is 2. The number of rotatable bonds is 4. The van der Waals surface area contributed by atoms with Gasteiger partial charge >= 0.3 is 0 Å². The second-order valence-corrected chi connectivity index (χ2v) is 16.1. The number of oxazole rings is 2. The summed E-state index contributed by atoms with van der Waals surface area (Å²) in [6, 6.07) is 65.3. The van der Waals surface area contributed by atoms with Crippen LogP contribution in [0.1, 0.15) is 47.2 Å². The monoisotopic (exact) mass is 744 g/mol. The molecule has 0 amide bonds. The third-order valence-corrected chi connectivity index (χ3v) is 12.6. The Bertz CT molecular complexity index is 3080. The van der Waals surface area contributed by atoms with Crippen molar-refractivity contribution in [3.63, 3.8) is 0 Å². The Morgan fingerprint density at radius 2 is 0.793 bits per heavy atom. The fourth-order valence-corrected chi connectivity index (χ4v) is 9.95. The van der Waals surface area contributed by atoms with Crippen LogP contribution in [-0.4, -0.2) is 9.97 Å². The van der Waals surface area contributed by atoms with Gasteiger partial charge in [0.2, 0.25) is 11.8 Å². The smallest absolute Gasteiger partial charge is 0.227 e. The Balaban J connectivity index is 1.04. The molecule has 2 heterocycles. The van der Waals surface area contributed by atoms with E-state index < -0.39 is 5.41 Å². The second-order valence-electron chi connectivity index (χ2n) is 16.1. The van der Waals surface area contributed by atoms with E-state index in [1.54, 1.807) is 0 Å². The second kappa shape index (κ2) is 12.1. The summed E-state index contributed by atoms with van der Waals surface area (Å²) in [7, 11) is 0. The Kier molecular flexibility index (Phi) is 6.86. The molecule has 2 aliphatic rings. The molecule has 2 aromatic heterocycles. The van der Waals surface area contributed by atoms with Crippen molar-refractivity contribution in [3.05, 3.63) is 215 Å². The first-order valence-corrected chi connectivity index (χ1v) is 19.9. The number of para-hydroxylation sites is 4. The summed E-state index contributed by atoms with van der Waals surface area (Å²) in [6.45, 7) is 4.74. The van der Waals surface area contributed by atoms with Gasteiger partial charge in [0.1, 0.15) is 11.0 Å². The van der Waals surface area contributed by atoms with Crippen LogP contribution in [0.25, 0.3) is 78.5 Å². The van der Waals surface area contributed by atoms with E-state index in [1.165, 1.54) is 50.1 Å². The molecule has 0 saturated carbocycles. The minimum absolute atomic E-state index is 0.148. The molecule has 0 N–H and O–H groups in total. The number of nitrogens with zero attached hydrogens (tertiary/aromatic N) is 2. The Morgan fingerprint density at radius 1 is 0.345 bits per heavy atom. The predicted octanol–water partition coefficient (Wildman–Crippen LogP) is 13.6. The molecule has 2 aliphatic carbocycles. The van der Waals surface area contributed by atoms with Crippen molar-refractivity contribution in [2.24, 2.45) is 0 Å². The summed E-state index contributed by atoms with van der Waals surface area (Å²) >= 11 is 0. The van der Waals surface area contributed by atoms with E-state index in [0.29, 0.717) is 11.8 Å². The normalized spacial score (nSPS) is 14.3. The van der Waals surface area contributed by atoms with Gasteiger partial charge in [-0.1, -0.05) is 141 Å². The van der Waals surface area contributed by atoms with E-state index in [0.717, 1.165) is 50.0 Å². The summed E-state index contributed by atoms with van der Waals surface area (Å²) in [5, 5.41) is 0. The molecule has 0 saturated heterocycles. The van der Waals surface area contributed by atoms with Gasteiger partial charge in [0.25, 0.3) is 0 Å². The first kappa shape index (κ1) is 32.9. The summed E-state index contributed by atoms with van der Waals surface area (Å²) in [4.78, 5) is 9.75. The summed E-state index contributed by atoms with van der Waals surface area (Å²) in [5.74, 6) is 1.10. The largest absolute Gasteiger partial charge is 0.436 e. The minimum Gasteiger partial charge on any atom is -0.436 e. The van der Waals surface area contributed by atoms with Crippen LogP contribution in [-0.2, 0) is 10.8 Å². The van der Waals surface area contributed by atoms with Crippen LogP contribution in [0, 0.1) is 0 Å². The van der Waals surface area contributed by atoms with Crippen molar-refractivity contribution < 1.29 is 8.83 Å². The highest BCUT2D eigenvalue weighted by molar-refractivity contribution is 5.91. The number of hydrogen-bond acceptors (Lipinski definition) is 4. The molecule has 4 heteroatoms. The van der Waals surface area contributed by atoms with Crippen LogP contribution < -0.4 is 0 Å². The van der Waals surface area contributed by atoms with E-state index in [-0.39, 0.29) is 5.41 Å². The molecule has 0 fully saturated rings. The number of hydrogen-bond donors (Lipinski definition) is 0. The molecule has 12 rings (SSSR count). The third kappa shape index (κ3) is 4.63. The van der Waals surface area contributed by atoms with Crippen LogP contribution >= 0.6 is 0 Å². The van der Waals surface area contributed by atoms with E-state index in [4.69, 9.17) is 18.8 Å².